The second-order valence-electron chi connectivity index (χ2n) is 3.72. The SMILES string of the molecule is Cc1cccc(O[C@@H](C)CC(=O)O)c1C. The maximum atomic E-state index is 10.5. The second-order valence-corrected chi connectivity index (χ2v) is 3.72. The first-order chi connectivity index (χ1) is 7.00. The van der Waals surface area contributed by atoms with E-state index in [2.05, 4.69) is 0 Å². The lowest BCUT2D eigenvalue weighted by molar-refractivity contribution is -0.138. The number of hydrogen-bond acceptors (Lipinski definition) is 2. The van der Waals surface area contributed by atoms with Crippen LogP contribution < -0.4 is 4.74 Å². The van der Waals surface area contributed by atoms with E-state index in [1.165, 1.54) is 0 Å². The van der Waals surface area contributed by atoms with Gasteiger partial charge in [0.2, 0.25) is 0 Å². The van der Waals surface area contributed by atoms with Crippen molar-refractivity contribution in [3.63, 3.8) is 0 Å². The zero-order chi connectivity index (χ0) is 11.4. The summed E-state index contributed by atoms with van der Waals surface area (Å²) in [6.07, 6.45) is -0.282. The van der Waals surface area contributed by atoms with Gasteiger partial charge < -0.3 is 9.84 Å². The van der Waals surface area contributed by atoms with Crippen LogP contribution in [0.3, 0.4) is 0 Å². The van der Waals surface area contributed by atoms with Crippen molar-refractivity contribution >= 4 is 5.97 Å². The quantitative estimate of drug-likeness (QED) is 0.827. The van der Waals surface area contributed by atoms with Crippen LogP contribution in [0.25, 0.3) is 0 Å². The lowest BCUT2D eigenvalue weighted by Gasteiger charge is -2.15. The summed E-state index contributed by atoms with van der Waals surface area (Å²) in [4.78, 5) is 10.5. The summed E-state index contributed by atoms with van der Waals surface area (Å²) in [7, 11) is 0. The van der Waals surface area contributed by atoms with Gasteiger partial charge in [0.15, 0.2) is 0 Å². The average molecular weight is 208 g/mol. The van der Waals surface area contributed by atoms with E-state index in [1.54, 1.807) is 6.92 Å². The highest BCUT2D eigenvalue weighted by Crippen LogP contribution is 2.22. The molecular weight excluding hydrogens is 192 g/mol. The van der Waals surface area contributed by atoms with Crippen LogP contribution in [-0.2, 0) is 4.79 Å². The molecule has 0 unspecified atom stereocenters. The van der Waals surface area contributed by atoms with Crippen molar-refractivity contribution in [2.24, 2.45) is 0 Å². The van der Waals surface area contributed by atoms with Gasteiger partial charge in [-0.2, -0.15) is 0 Å². The van der Waals surface area contributed by atoms with E-state index in [9.17, 15) is 4.79 Å². The number of carboxylic acid groups (broad SMARTS) is 1. The molecule has 1 N–H and O–H groups in total. The van der Waals surface area contributed by atoms with Crippen LogP contribution in [0.4, 0.5) is 0 Å². The highest BCUT2D eigenvalue weighted by Gasteiger charge is 2.10. The van der Waals surface area contributed by atoms with Gasteiger partial charge in [0, 0.05) is 0 Å². The number of carboxylic acids is 1. The zero-order valence-electron chi connectivity index (χ0n) is 9.28. The van der Waals surface area contributed by atoms with Gasteiger partial charge in [0.05, 0.1) is 6.42 Å². The van der Waals surface area contributed by atoms with Crippen LogP contribution in [0, 0.1) is 13.8 Å². The van der Waals surface area contributed by atoms with Crippen molar-refractivity contribution in [2.45, 2.75) is 33.3 Å². The van der Waals surface area contributed by atoms with Gasteiger partial charge in [0.25, 0.3) is 0 Å². The molecule has 0 aromatic heterocycles. The molecule has 0 spiro atoms. The van der Waals surface area contributed by atoms with E-state index in [-0.39, 0.29) is 12.5 Å². The maximum absolute atomic E-state index is 10.5. The van der Waals surface area contributed by atoms with Gasteiger partial charge >= 0.3 is 5.97 Å². The normalized spacial score (nSPS) is 12.2. The number of aliphatic carboxylic acids is 1. The van der Waals surface area contributed by atoms with E-state index in [4.69, 9.17) is 9.84 Å². The number of carbonyl (C=O) groups is 1. The van der Waals surface area contributed by atoms with Gasteiger partial charge in [-0.1, -0.05) is 12.1 Å². The fourth-order valence-electron chi connectivity index (χ4n) is 1.36. The Morgan fingerprint density at radius 2 is 2.13 bits per heavy atom. The van der Waals surface area contributed by atoms with Gasteiger partial charge in [-0.05, 0) is 38.0 Å². The predicted molar refractivity (Wildman–Crippen MR) is 58.3 cm³/mol. The Morgan fingerprint density at radius 3 is 2.73 bits per heavy atom. The standard InChI is InChI=1S/C12H16O3/c1-8-5-4-6-11(10(8)3)15-9(2)7-12(13)14/h4-6,9H,7H2,1-3H3,(H,13,14)/t9-/m0/s1. The monoisotopic (exact) mass is 208 g/mol. The molecule has 3 nitrogen and oxygen atoms in total. The summed E-state index contributed by atoms with van der Waals surface area (Å²) in [5.74, 6) is -0.0726. The van der Waals surface area contributed by atoms with Crippen molar-refractivity contribution in [1.29, 1.82) is 0 Å². The molecule has 0 amide bonds. The van der Waals surface area contributed by atoms with Crippen LogP contribution in [0.1, 0.15) is 24.5 Å². The first-order valence-electron chi connectivity index (χ1n) is 4.95. The van der Waals surface area contributed by atoms with Gasteiger partial charge in [-0.25, -0.2) is 0 Å². The molecule has 0 aliphatic heterocycles. The molecule has 0 saturated carbocycles. The summed E-state index contributed by atoms with van der Waals surface area (Å²) >= 11 is 0. The molecule has 0 bridgehead atoms. The number of hydrogen-bond donors (Lipinski definition) is 1. The minimum atomic E-state index is -0.840. The molecular formula is C12H16O3. The molecule has 0 aliphatic carbocycles. The van der Waals surface area contributed by atoms with Crippen LogP contribution in [0.5, 0.6) is 5.75 Å². The van der Waals surface area contributed by atoms with E-state index in [0.29, 0.717) is 0 Å². The Labute approximate surface area is 89.7 Å². The summed E-state index contributed by atoms with van der Waals surface area (Å²) < 4.78 is 5.56. The summed E-state index contributed by atoms with van der Waals surface area (Å²) in [5.41, 5.74) is 2.21. The molecule has 1 aromatic rings. The van der Waals surface area contributed by atoms with Crippen molar-refractivity contribution < 1.29 is 14.6 Å². The van der Waals surface area contributed by atoms with Gasteiger partial charge in [-0.15, -0.1) is 0 Å². The fourth-order valence-corrected chi connectivity index (χ4v) is 1.36. The summed E-state index contributed by atoms with van der Waals surface area (Å²) in [6, 6.07) is 5.77. The molecule has 0 heterocycles. The Balaban J connectivity index is 2.72. The van der Waals surface area contributed by atoms with Gasteiger partial charge in [0.1, 0.15) is 11.9 Å². The molecule has 0 fully saturated rings. The molecule has 0 aliphatic rings. The molecule has 3 heteroatoms. The lowest BCUT2D eigenvalue weighted by atomic mass is 10.1. The first kappa shape index (κ1) is 11.6. The molecule has 0 radical (unpaired) electrons. The number of ether oxygens (including phenoxy) is 1. The largest absolute Gasteiger partial charge is 0.490 e. The molecule has 1 rings (SSSR count). The third-order valence-electron chi connectivity index (χ3n) is 2.35. The Morgan fingerprint density at radius 1 is 1.47 bits per heavy atom. The highest BCUT2D eigenvalue weighted by atomic mass is 16.5. The van der Waals surface area contributed by atoms with Crippen molar-refractivity contribution in [1.82, 2.24) is 0 Å². The van der Waals surface area contributed by atoms with Crippen LogP contribution in [0.2, 0.25) is 0 Å². The topological polar surface area (TPSA) is 46.5 Å². The van der Waals surface area contributed by atoms with E-state index < -0.39 is 5.97 Å². The molecule has 1 atom stereocenters. The summed E-state index contributed by atoms with van der Waals surface area (Å²) in [5, 5.41) is 8.61. The third kappa shape index (κ3) is 3.27. The number of rotatable bonds is 4. The van der Waals surface area contributed by atoms with Crippen LogP contribution in [0.15, 0.2) is 18.2 Å². The van der Waals surface area contributed by atoms with Crippen molar-refractivity contribution in [2.75, 3.05) is 0 Å². The van der Waals surface area contributed by atoms with Crippen LogP contribution >= 0.6 is 0 Å². The smallest absolute Gasteiger partial charge is 0.307 e. The minimum Gasteiger partial charge on any atom is -0.490 e. The van der Waals surface area contributed by atoms with Crippen molar-refractivity contribution in [3.05, 3.63) is 29.3 Å². The molecule has 15 heavy (non-hydrogen) atoms. The third-order valence-corrected chi connectivity index (χ3v) is 2.35. The first-order valence-corrected chi connectivity index (χ1v) is 4.95. The van der Waals surface area contributed by atoms with E-state index in [1.807, 2.05) is 32.0 Å². The predicted octanol–water partition coefficient (Wildman–Crippen LogP) is 2.55. The minimum absolute atomic E-state index is 0.0212. The van der Waals surface area contributed by atoms with Crippen LogP contribution in [-0.4, -0.2) is 17.2 Å². The lowest BCUT2D eigenvalue weighted by Crippen LogP contribution is -2.17. The maximum Gasteiger partial charge on any atom is 0.307 e. The van der Waals surface area contributed by atoms with Crippen molar-refractivity contribution in [3.8, 4) is 5.75 Å². The Hall–Kier alpha value is -1.51. The summed E-state index contributed by atoms with van der Waals surface area (Å²) in [6.45, 7) is 5.73. The number of aryl methyl sites for hydroxylation is 1. The average Bonchev–Trinajstić information content (AvgIpc) is 2.11. The van der Waals surface area contributed by atoms with E-state index >= 15 is 0 Å². The molecule has 1 aromatic carbocycles. The number of benzene rings is 1. The van der Waals surface area contributed by atoms with Gasteiger partial charge in [-0.3, -0.25) is 4.79 Å². The fraction of sp³-hybridized carbons (Fsp3) is 0.417. The Kier molecular flexibility index (Phi) is 3.72. The molecule has 82 valence electrons. The zero-order valence-corrected chi connectivity index (χ0v) is 9.28. The highest BCUT2D eigenvalue weighted by molar-refractivity contribution is 5.67. The molecule has 0 saturated heterocycles. The second kappa shape index (κ2) is 4.82. The van der Waals surface area contributed by atoms with E-state index in [0.717, 1.165) is 16.9 Å². The Bertz CT molecular complexity index is 358.